The number of hydrogen-bond acceptors (Lipinski definition) is 4. The molecule has 1 aromatic carbocycles. The highest BCUT2D eigenvalue weighted by atomic mass is 16.5. The molecule has 5 heteroatoms. The van der Waals surface area contributed by atoms with Crippen LogP contribution in [0.15, 0.2) is 40.9 Å². The van der Waals surface area contributed by atoms with E-state index >= 15 is 0 Å². The fourth-order valence-electron chi connectivity index (χ4n) is 2.57. The molecule has 0 radical (unpaired) electrons. The first-order valence-corrected chi connectivity index (χ1v) is 7.66. The predicted octanol–water partition coefficient (Wildman–Crippen LogP) is 2.42. The summed E-state index contributed by atoms with van der Waals surface area (Å²) in [6.07, 6.45) is 4.40. The van der Waals surface area contributed by atoms with E-state index in [1.807, 2.05) is 30.3 Å². The monoisotopic (exact) mass is 300 g/mol. The van der Waals surface area contributed by atoms with E-state index < -0.39 is 0 Å². The Bertz CT molecular complexity index is 603. The van der Waals surface area contributed by atoms with Crippen LogP contribution in [0.2, 0.25) is 0 Å². The molecule has 1 amide bonds. The number of carbonyl (C=O) groups excluding carboxylic acids is 1. The summed E-state index contributed by atoms with van der Waals surface area (Å²) in [7, 11) is 0. The van der Waals surface area contributed by atoms with Gasteiger partial charge in [-0.1, -0.05) is 30.3 Å². The molecule has 3 rings (SSSR count). The van der Waals surface area contributed by atoms with Crippen molar-refractivity contribution in [1.82, 2.24) is 10.3 Å². The number of amides is 1. The number of rotatable bonds is 5. The molecular formula is C17H20N2O3. The van der Waals surface area contributed by atoms with Crippen LogP contribution < -0.4 is 5.32 Å². The van der Waals surface area contributed by atoms with Crippen LogP contribution in [0, 0.1) is 5.92 Å². The molecule has 5 nitrogen and oxygen atoms in total. The molecule has 1 fully saturated rings. The number of ether oxygens (including phenoxy) is 1. The fraction of sp³-hybridized carbons (Fsp3) is 0.412. The molecule has 1 unspecified atom stereocenters. The fourth-order valence-corrected chi connectivity index (χ4v) is 2.57. The van der Waals surface area contributed by atoms with Crippen LogP contribution in [0.4, 0.5) is 0 Å². The van der Waals surface area contributed by atoms with Gasteiger partial charge in [0.25, 0.3) is 5.89 Å². The average Bonchev–Trinajstić information content (AvgIpc) is 3.03. The molecule has 0 bridgehead atoms. The highest BCUT2D eigenvalue weighted by Gasteiger charge is 2.18. The van der Waals surface area contributed by atoms with Crippen LogP contribution in [0.3, 0.4) is 0 Å². The maximum absolute atomic E-state index is 12.0. The van der Waals surface area contributed by atoms with Crippen molar-refractivity contribution in [3.63, 3.8) is 0 Å². The van der Waals surface area contributed by atoms with E-state index in [4.69, 9.17) is 9.15 Å². The van der Waals surface area contributed by atoms with Crippen LogP contribution in [-0.4, -0.2) is 30.6 Å². The van der Waals surface area contributed by atoms with E-state index in [1.165, 1.54) is 0 Å². The second-order valence-corrected chi connectivity index (χ2v) is 5.59. The van der Waals surface area contributed by atoms with Crippen LogP contribution >= 0.6 is 0 Å². The van der Waals surface area contributed by atoms with Gasteiger partial charge in [0.05, 0.1) is 12.8 Å². The molecule has 1 aliphatic heterocycles. The first kappa shape index (κ1) is 14.8. The van der Waals surface area contributed by atoms with Crippen molar-refractivity contribution in [2.24, 2.45) is 5.92 Å². The third kappa shape index (κ3) is 3.95. The van der Waals surface area contributed by atoms with Gasteiger partial charge in [-0.15, -0.1) is 0 Å². The number of hydrogen-bond donors (Lipinski definition) is 1. The predicted molar refractivity (Wildman–Crippen MR) is 81.6 cm³/mol. The molecule has 2 heterocycles. The lowest BCUT2D eigenvalue weighted by atomic mass is 10.0. The molecule has 0 aliphatic carbocycles. The molecule has 2 aromatic rings. The number of aromatic nitrogens is 1. The van der Waals surface area contributed by atoms with Crippen molar-refractivity contribution >= 4 is 5.91 Å². The molecule has 22 heavy (non-hydrogen) atoms. The van der Waals surface area contributed by atoms with Crippen molar-refractivity contribution in [2.45, 2.75) is 19.3 Å². The Balaban J connectivity index is 1.52. The van der Waals surface area contributed by atoms with Crippen LogP contribution in [0.25, 0.3) is 0 Å². The van der Waals surface area contributed by atoms with Crippen molar-refractivity contribution in [1.29, 1.82) is 0 Å². The number of oxazole rings is 1. The summed E-state index contributed by atoms with van der Waals surface area (Å²) in [5, 5.41) is 2.87. The molecule has 1 saturated heterocycles. The van der Waals surface area contributed by atoms with Gasteiger partial charge in [-0.2, -0.15) is 0 Å². The van der Waals surface area contributed by atoms with Gasteiger partial charge in [-0.05, 0) is 24.3 Å². The maximum atomic E-state index is 12.0. The summed E-state index contributed by atoms with van der Waals surface area (Å²) in [6, 6.07) is 9.96. The van der Waals surface area contributed by atoms with Gasteiger partial charge in [0.2, 0.25) is 0 Å². The number of carbonyl (C=O) groups is 1. The zero-order chi connectivity index (χ0) is 15.2. The lowest BCUT2D eigenvalue weighted by molar-refractivity contribution is 0.0532. The Hall–Kier alpha value is -2.14. The van der Waals surface area contributed by atoms with Gasteiger partial charge in [0, 0.05) is 19.6 Å². The second kappa shape index (κ2) is 7.22. The minimum absolute atomic E-state index is 0.127. The standard InChI is InChI=1S/C17H20N2O3/c20-16(18-10-14-7-4-8-21-12-14)17-19-11-15(22-17)9-13-5-2-1-3-6-13/h1-3,5-6,11,14H,4,7-10,12H2,(H,18,20). The third-order valence-corrected chi connectivity index (χ3v) is 3.77. The summed E-state index contributed by atoms with van der Waals surface area (Å²) in [4.78, 5) is 16.1. The molecule has 1 aliphatic rings. The molecule has 0 saturated carbocycles. The van der Waals surface area contributed by atoms with Crippen molar-refractivity contribution < 1.29 is 13.9 Å². The van der Waals surface area contributed by atoms with E-state index in [0.29, 0.717) is 31.3 Å². The molecule has 1 N–H and O–H groups in total. The quantitative estimate of drug-likeness (QED) is 0.921. The van der Waals surface area contributed by atoms with Crippen molar-refractivity contribution in [3.05, 3.63) is 53.7 Å². The molecule has 0 spiro atoms. The summed E-state index contributed by atoms with van der Waals surface area (Å²) < 4.78 is 10.9. The van der Waals surface area contributed by atoms with Gasteiger partial charge in [0.1, 0.15) is 5.76 Å². The Kier molecular flexibility index (Phi) is 4.85. The third-order valence-electron chi connectivity index (χ3n) is 3.77. The van der Waals surface area contributed by atoms with Gasteiger partial charge < -0.3 is 14.5 Å². The summed E-state index contributed by atoms with van der Waals surface area (Å²) in [5.74, 6) is 0.946. The lowest BCUT2D eigenvalue weighted by Crippen LogP contribution is -2.33. The van der Waals surface area contributed by atoms with Gasteiger partial charge in [-0.3, -0.25) is 4.79 Å². The lowest BCUT2D eigenvalue weighted by Gasteiger charge is -2.21. The van der Waals surface area contributed by atoms with Gasteiger partial charge >= 0.3 is 5.91 Å². The SMILES string of the molecule is O=C(NCC1CCCOC1)c1ncc(Cc2ccccc2)o1. The number of benzene rings is 1. The number of nitrogens with one attached hydrogen (secondary N) is 1. The Morgan fingerprint density at radius 2 is 2.18 bits per heavy atom. The zero-order valence-corrected chi connectivity index (χ0v) is 12.5. The summed E-state index contributed by atoms with van der Waals surface area (Å²) >= 11 is 0. The number of nitrogens with zero attached hydrogens (tertiary/aromatic N) is 1. The van der Waals surface area contributed by atoms with Crippen molar-refractivity contribution in [3.8, 4) is 0 Å². The second-order valence-electron chi connectivity index (χ2n) is 5.59. The minimum atomic E-state index is -0.259. The molecule has 1 atom stereocenters. The summed E-state index contributed by atoms with van der Waals surface area (Å²) in [5.41, 5.74) is 1.13. The van der Waals surface area contributed by atoms with Gasteiger partial charge in [0.15, 0.2) is 0 Å². The minimum Gasteiger partial charge on any atom is -0.437 e. The largest absolute Gasteiger partial charge is 0.437 e. The molecule has 116 valence electrons. The van der Waals surface area contributed by atoms with Crippen LogP contribution in [0.1, 0.15) is 34.9 Å². The zero-order valence-electron chi connectivity index (χ0n) is 12.5. The average molecular weight is 300 g/mol. The first-order chi connectivity index (χ1) is 10.8. The summed E-state index contributed by atoms with van der Waals surface area (Å²) in [6.45, 7) is 2.15. The smallest absolute Gasteiger partial charge is 0.307 e. The topological polar surface area (TPSA) is 64.4 Å². The van der Waals surface area contributed by atoms with E-state index in [-0.39, 0.29) is 11.8 Å². The van der Waals surface area contributed by atoms with E-state index in [9.17, 15) is 4.79 Å². The Morgan fingerprint density at radius 1 is 1.32 bits per heavy atom. The van der Waals surface area contributed by atoms with Crippen LogP contribution in [0.5, 0.6) is 0 Å². The highest BCUT2D eigenvalue weighted by molar-refractivity contribution is 5.89. The Morgan fingerprint density at radius 3 is 2.95 bits per heavy atom. The van der Waals surface area contributed by atoms with Crippen molar-refractivity contribution in [2.75, 3.05) is 19.8 Å². The maximum Gasteiger partial charge on any atom is 0.307 e. The van der Waals surface area contributed by atoms with E-state index in [2.05, 4.69) is 10.3 Å². The Labute approximate surface area is 129 Å². The van der Waals surface area contributed by atoms with E-state index in [0.717, 1.165) is 25.0 Å². The van der Waals surface area contributed by atoms with Gasteiger partial charge in [-0.25, -0.2) is 4.98 Å². The van der Waals surface area contributed by atoms with E-state index in [1.54, 1.807) is 6.20 Å². The molecule has 1 aromatic heterocycles. The first-order valence-electron chi connectivity index (χ1n) is 7.66. The highest BCUT2D eigenvalue weighted by Crippen LogP contribution is 2.13. The normalized spacial score (nSPS) is 18.1. The van der Waals surface area contributed by atoms with Crippen LogP contribution in [-0.2, 0) is 11.2 Å². The molecular weight excluding hydrogens is 280 g/mol.